The average molecular weight is 241 g/mol. The van der Waals surface area contributed by atoms with Gasteiger partial charge in [0.15, 0.2) is 0 Å². The molecule has 4 heteroatoms. The van der Waals surface area contributed by atoms with E-state index in [1.807, 2.05) is 12.3 Å². The first-order valence-corrected chi connectivity index (χ1v) is 6.58. The summed E-state index contributed by atoms with van der Waals surface area (Å²) < 4.78 is 1.52. The Morgan fingerprint density at radius 1 is 1.44 bits per heavy atom. The summed E-state index contributed by atoms with van der Waals surface area (Å²) in [7, 11) is 0. The molecule has 0 spiro atoms. The van der Waals surface area contributed by atoms with Gasteiger partial charge < -0.3 is 5.11 Å². The minimum atomic E-state index is -0.833. The second-order valence-electron chi connectivity index (χ2n) is 3.65. The van der Waals surface area contributed by atoms with Gasteiger partial charge in [0.05, 0.1) is 0 Å². The fourth-order valence-electron chi connectivity index (χ4n) is 1.34. The van der Waals surface area contributed by atoms with Crippen molar-refractivity contribution >= 4 is 65.5 Å². The van der Waals surface area contributed by atoms with E-state index in [0.29, 0.717) is 0 Å². The molecule has 0 saturated heterocycles. The number of nitrogens with zero attached hydrogens (tertiary/aromatic N) is 1. The molecule has 0 bridgehead atoms. The number of aromatic nitrogens is 1. The van der Waals surface area contributed by atoms with Crippen LogP contribution in [0, 0.1) is 6.92 Å². The van der Waals surface area contributed by atoms with Crippen LogP contribution in [-0.4, -0.2) is 65.0 Å². The van der Waals surface area contributed by atoms with Crippen LogP contribution in [0.5, 0.6) is 0 Å². The van der Waals surface area contributed by atoms with Crippen LogP contribution in [0.4, 0.5) is 0 Å². The van der Waals surface area contributed by atoms with E-state index in [1.54, 1.807) is 0 Å². The zero-order valence-electron chi connectivity index (χ0n) is 9.69. The fourth-order valence-corrected chi connectivity index (χ4v) is 2.05. The van der Waals surface area contributed by atoms with Gasteiger partial charge in [0, 0.05) is 6.92 Å². The van der Waals surface area contributed by atoms with Crippen molar-refractivity contribution in [2.45, 2.75) is 13.8 Å². The van der Waals surface area contributed by atoms with Gasteiger partial charge in [0.2, 0.25) is 0 Å². The maximum absolute atomic E-state index is 9.00. The van der Waals surface area contributed by atoms with Crippen LogP contribution >= 0.6 is 0 Å². The average Bonchev–Trinajstić information content (AvgIpc) is 2.19. The van der Waals surface area contributed by atoms with Crippen LogP contribution in [-0.2, 0) is 4.79 Å². The van der Waals surface area contributed by atoms with Gasteiger partial charge in [0.1, 0.15) is 0 Å². The number of fused-ring (bicyclic) bond motifs is 1. The number of hydrogen-bond acceptors (Lipinski definition) is 2. The van der Waals surface area contributed by atoms with Gasteiger partial charge in [-0.25, -0.2) is 0 Å². The number of carbonyl (C=O) groups is 1. The summed E-state index contributed by atoms with van der Waals surface area (Å²) >= 11 is 0.765. The van der Waals surface area contributed by atoms with Gasteiger partial charge in [-0.2, -0.15) is 0 Å². The molecular formula is C12H12KNO2. The van der Waals surface area contributed by atoms with E-state index < -0.39 is 5.97 Å². The van der Waals surface area contributed by atoms with E-state index in [9.17, 15) is 0 Å². The summed E-state index contributed by atoms with van der Waals surface area (Å²) in [5, 5.41) is 8.69. The van der Waals surface area contributed by atoms with Gasteiger partial charge in [0.25, 0.3) is 5.97 Å². The Morgan fingerprint density at radius 3 is 2.69 bits per heavy atom. The molecule has 0 atom stereocenters. The zero-order valence-corrected chi connectivity index (χ0v) is 12.8. The van der Waals surface area contributed by atoms with Crippen LogP contribution in [0.3, 0.4) is 0 Å². The second-order valence-corrected chi connectivity index (χ2v) is 5.33. The summed E-state index contributed by atoms with van der Waals surface area (Å²) in [6.45, 7) is 3.24. The first-order valence-electron chi connectivity index (χ1n) is 5.02. The Balaban J connectivity index is 0.000000280. The van der Waals surface area contributed by atoms with Crippen molar-refractivity contribution in [3.8, 4) is 0 Å². The first kappa shape index (κ1) is 13.8. The monoisotopic (exact) mass is 241 g/mol. The summed E-state index contributed by atoms with van der Waals surface area (Å²) in [6.07, 6.45) is 1.85. The molecule has 1 aromatic carbocycles. The number of pyridine rings is 1. The Hall–Kier alpha value is -0.264. The molecule has 3 nitrogen and oxygen atoms in total. The Morgan fingerprint density at radius 2 is 2.06 bits per heavy atom. The zero-order chi connectivity index (χ0) is 12.1. The standard InChI is InChI=1S/C10H8N.C2H4O2.K/c1-8-4-5-9-3-2-6-11-10(9)7-8;1-2(3)4;/h2-3,5-7H,1H3;1H3,(H,3,4);. The van der Waals surface area contributed by atoms with Crippen LogP contribution in [0.25, 0.3) is 10.9 Å². The van der Waals surface area contributed by atoms with Gasteiger partial charge >= 0.3 is 107 Å². The number of benzene rings is 1. The van der Waals surface area contributed by atoms with Crippen molar-refractivity contribution in [2.24, 2.45) is 0 Å². The van der Waals surface area contributed by atoms with Crippen LogP contribution < -0.4 is -0.342 Å². The molecule has 0 aliphatic rings. The van der Waals surface area contributed by atoms with Gasteiger partial charge in [-0.1, -0.05) is 0 Å². The SMILES string of the molecule is CC(=O)O.Cc1cc2ncccc2c[c]1[K]. The molecule has 0 aliphatic heterocycles. The predicted molar refractivity (Wildman–Crippen MR) is 65.2 cm³/mol. The van der Waals surface area contributed by atoms with Crippen LogP contribution in [0.1, 0.15) is 12.5 Å². The number of carboxylic acids is 1. The van der Waals surface area contributed by atoms with Crippen molar-refractivity contribution in [2.75, 3.05) is 0 Å². The van der Waals surface area contributed by atoms with E-state index in [1.165, 1.54) is 10.6 Å². The van der Waals surface area contributed by atoms with E-state index >= 15 is 0 Å². The number of rotatable bonds is 0. The van der Waals surface area contributed by atoms with Crippen LogP contribution in [0.2, 0.25) is 0 Å². The molecule has 0 saturated carbocycles. The van der Waals surface area contributed by atoms with Crippen molar-refractivity contribution in [1.29, 1.82) is 0 Å². The van der Waals surface area contributed by atoms with Gasteiger partial charge in [-0.05, 0) is 0 Å². The normalized spacial score (nSPS) is 9.50. The molecule has 78 valence electrons. The molecule has 2 rings (SSSR count). The number of aliphatic carboxylic acids is 1. The molecule has 1 N–H and O–H groups in total. The molecule has 0 radical (unpaired) electrons. The van der Waals surface area contributed by atoms with Crippen molar-refractivity contribution in [3.63, 3.8) is 0 Å². The quantitative estimate of drug-likeness (QED) is 0.710. The van der Waals surface area contributed by atoms with Gasteiger partial charge in [-0.15, -0.1) is 0 Å². The molecule has 0 unspecified atom stereocenters. The number of hydrogen-bond donors (Lipinski definition) is 1. The van der Waals surface area contributed by atoms with Gasteiger partial charge in [-0.3, -0.25) is 4.79 Å². The summed E-state index contributed by atoms with van der Waals surface area (Å²) in [6, 6.07) is 8.55. The predicted octanol–water partition coefficient (Wildman–Crippen LogP) is 1.43. The molecule has 1 heterocycles. The molecule has 2 aromatic rings. The summed E-state index contributed by atoms with van der Waals surface area (Å²) in [4.78, 5) is 13.3. The second kappa shape index (κ2) is 6.47. The third kappa shape index (κ3) is 4.31. The molecule has 0 fully saturated rings. The van der Waals surface area contributed by atoms with Crippen LogP contribution in [0.15, 0.2) is 30.5 Å². The topological polar surface area (TPSA) is 50.2 Å². The van der Waals surface area contributed by atoms with E-state index in [4.69, 9.17) is 9.90 Å². The summed E-state index contributed by atoms with van der Waals surface area (Å²) in [5.74, 6) is -0.833. The van der Waals surface area contributed by atoms with E-state index in [0.717, 1.165) is 61.4 Å². The van der Waals surface area contributed by atoms with Crippen molar-refractivity contribution in [1.82, 2.24) is 4.98 Å². The Kier molecular flexibility index (Phi) is 5.58. The minimum absolute atomic E-state index is 0.765. The van der Waals surface area contributed by atoms with Crippen molar-refractivity contribution < 1.29 is 9.90 Å². The Bertz CT molecular complexity index is 467. The molecule has 0 aliphatic carbocycles. The van der Waals surface area contributed by atoms with Crippen molar-refractivity contribution in [3.05, 3.63) is 36.0 Å². The molecular weight excluding hydrogens is 229 g/mol. The van der Waals surface area contributed by atoms with E-state index in [2.05, 4.69) is 30.1 Å². The Labute approximate surface area is 128 Å². The number of carboxylic acid groups (broad SMARTS) is 1. The molecule has 0 amide bonds. The van der Waals surface area contributed by atoms with E-state index in [-0.39, 0.29) is 0 Å². The maximum atomic E-state index is 9.00. The third-order valence-corrected chi connectivity index (χ3v) is 3.90. The third-order valence-electron chi connectivity index (χ3n) is 2.22. The molecule has 16 heavy (non-hydrogen) atoms. The fraction of sp³-hybridized carbons (Fsp3) is 0.167. The molecule has 1 aromatic heterocycles. The number of aryl methyl sites for hydroxylation is 1. The summed E-state index contributed by atoms with van der Waals surface area (Å²) in [5.41, 5.74) is 2.50. The first-order chi connectivity index (χ1) is 7.50.